The fourth-order valence-electron chi connectivity index (χ4n) is 8.15. The molecule has 1 amide bonds. The smallest absolute Gasteiger partial charge is 0.305 e. The van der Waals surface area contributed by atoms with Gasteiger partial charge in [-0.3, -0.25) is 9.59 Å². The van der Waals surface area contributed by atoms with E-state index in [0.29, 0.717) is 19.4 Å². The van der Waals surface area contributed by atoms with E-state index in [0.717, 1.165) is 77.0 Å². The Balaban J connectivity index is 3.57. The molecule has 0 saturated heterocycles. The third-order valence-electron chi connectivity index (χ3n) is 12.4. The fraction of sp³-hybridized carbons (Fsp3) is 0.857. The van der Waals surface area contributed by atoms with Gasteiger partial charge in [0.2, 0.25) is 5.91 Å². The molecule has 0 rings (SSSR count). The van der Waals surface area contributed by atoms with Crippen molar-refractivity contribution in [3.05, 3.63) is 36.5 Å². The van der Waals surface area contributed by atoms with Crippen LogP contribution in [0.25, 0.3) is 0 Å². The number of esters is 1. The minimum Gasteiger partial charge on any atom is -0.466 e. The van der Waals surface area contributed by atoms with Crippen molar-refractivity contribution in [1.29, 1.82) is 0 Å². The van der Waals surface area contributed by atoms with Crippen molar-refractivity contribution in [2.45, 2.75) is 296 Å². The van der Waals surface area contributed by atoms with Crippen molar-refractivity contribution in [2.24, 2.45) is 0 Å². The Hall–Kier alpha value is -1.92. The lowest BCUT2D eigenvalue weighted by Crippen LogP contribution is -2.45. The first-order valence-corrected chi connectivity index (χ1v) is 27.3. The highest BCUT2D eigenvalue weighted by Crippen LogP contribution is 2.16. The van der Waals surface area contributed by atoms with Gasteiger partial charge in [0.05, 0.1) is 25.4 Å². The molecule has 0 spiro atoms. The summed E-state index contributed by atoms with van der Waals surface area (Å²) < 4.78 is 5.43. The van der Waals surface area contributed by atoms with Gasteiger partial charge in [-0.25, -0.2) is 0 Å². The topological polar surface area (TPSA) is 95.9 Å². The molecule has 62 heavy (non-hydrogen) atoms. The van der Waals surface area contributed by atoms with Gasteiger partial charge in [0.15, 0.2) is 0 Å². The number of aliphatic hydroxyl groups is 2. The van der Waals surface area contributed by atoms with E-state index in [1.807, 2.05) is 6.08 Å². The number of rotatable bonds is 50. The normalized spacial score (nSPS) is 12.9. The van der Waals surface area contributed by atoms with E-state index >= 15 is 0 Å². The number of hydrogen-bond acceptors (Lipinski definition) is 5. The number of carbonyl (C=O) groups excluding carboxylic acids is 2. The summed E-state index contributed by atoms with van der Waals surface area (Å²) in [5.74, 6) is -0.150. The fourth-order valence-corrected chi connectivity index (χ4v) is 8.15. The predicted octanol–water partition coefficient (Wildman–Crippen LogP) is 16.5. The highest BCUT2D eigenvalue weighted by molar-refractivity contribution is 5.76. The molecule has 0 aliphatic carbocycles. The Bertz CT molecular complexity index is 1010. The van der Waals surface area contributed by atoms with Gasteiger partial charge < -0.3 is 20.3 Å². The van der Waals surface area contributed by atoms with Crippen LogP contribution >= 0.6 is 0 Å². The molecule has 2 atom stereocenters. The van der Waals surface area contributed by atoms with Crippen molar-refractivity contribution in [2.75, 3.05) is 13.2 Å². The summed E-state index contributed by atoms with van der Waals surface area (Å²) in [4.78, 5) is 24.5. The number of hydrogen-bond donors (Lipinski definition) is 3. The van der Waals surface area contributed by atoms with E-state index in [-0.39, 0.29) is 18.5 Å². The van der Waals surface area contributed by atoms with E-state index in [4.69, 9.17) is 4.74 Å². The highest BCUT2D eigenvalue weighted by atomic mass is 16.5. The molecule has 6 nitrogen and oxygen atoms in total. The molecular formula is C56H105NO5. The van der Waals surface area contributed by atoms with Gasteiger partial charge in [-0.15, -0.1) is 0 Å². The first-order valence-electron chi connectivity index (χ1n) is 27.3. The molecule has 0 aromatic rings. The lowest BCUT2D eigenvalue weighted by atomic mass is 10.0. The molecule has 0 aliphatic heterocycles. The monoisotopic (exact) mass is 872 g/mol. The summed E-state index contributed by atoms with van der Waals surface area (Å²) in [6.45, 7) is 4.81. The van der Waals surface area contributed by atoms with Gasteiger partial charge in [-0.2, -0.15) is 0 Å². The zero-order valence-electron chi connectivity index (χ0n) is 41.4. The SMILES string of the molecule is CCCCCCC/C=C\CCCCCCCC(=O)OCCCC/C=C\CCCCCCC(=O)NC(CO)C(O)/C=C/CCCCCCCCCCCCCCCCCCCCC. The van der Waals surface area contributed by atoms with Gasteiger partial charge in [0, 0.05) is 12.8 Å². The summed E-state index contributed by atoms with van der Waals surface area (Å²) in [5, 5.41) is 23.1. The summed E-state index contributed by atoms with van der Waals surface area (Å²) in [6.07, 6.45) is 63.0. The number of ether oxygens (including phenoxy) is 1. The van der Waals surface area contributed by atoms with Crippen LogP contribution in [0, 0.1) is 0 Å². The van der Waals surface area contributed by atoms with Crippen molar-refractivity contribution in [1.82, 2.24) is 5.32 Å². The second kappa shape index (κ2) is 51.7. The number of carbonyl (C=O) groups is 2. The summed E-state index contributed by atoms with van der Waals surface area (Å²) >= 11 is 0. The van der Waals surface area contributed by atoms with E-state index in [1.54, 1.807) is 6.08 Å². The van der Waals surface area contributed by atoms with Gasteiger partial charge in [0.25, 0.3) is 0 Å². The van der Waals surface area contributed by atoms with Crippen molar-refractivity contribution < 1.29 is 24.5 Å². The van der Waals surface area contributed by atoms with Crippen LogP contribution in [0.4, 0.5) is 0 Å². The predicted molar refractivity (Wildman–Crippen MR) is 269 cm³/mol. The number of allylic oxidation sites excluding steroid dienone is 5. The van der Waals surface area contributed by atoms with Crippen molar-refractivity contribution in [3.8, 4) is 0 Å². The van der Waals surface area contributed by atoms with Crippen molar-refractivity contribution >= 4 is 11.9 Å². The van der Waals surface area contributed by atoms with Crippen LogP contribution in [0.5, 0.6) is 0 Å². The highest BCUT2D eigenvalue weighted by Gasteiger charge is 2.18. The molecule has 0 radical (unpaired) electrons. The molecule has 0 heterocycles. The number of unbranched alkanes of at least 4 members (excludes halogenated alkanes) is 35. The maximum atomic E-state index is 12.4. The summed E-state index contributed by atoms with van der Waals surface area (Å²) in [7, 11) is 0. The zero-order valence-corrected chi connectivity index (χ0v) is 41.4. The molecule has 364 valence electrons. The standard InChI is InChI=1S/C56H105NO5/c1-3-5-7-9-11-13-15-17-19-20-21-22-23-24-25-26-28-32-36-40-44-48-54(59)53(52-58)57-55(60)49-45-41-37-33-30-31-35-39-43-47-51-62-56(61)50-46-42-38-34-29-27-18-16-14-12-10-8-6-4-2/h16,18,31,35,44,48,53-54,58-59H,3-15,17,19-30,32-34,36-43,45-47,49-52H2,1-2H3,(H,57,60)/b18-16-,35-31-,48-44+. The average molecular weight is 872 g/mol. The molecule has 0 aliphatic rings. The minimum absolute atomic E-state index is 0.0470. The van der Waals surface area contributed by atoms with Crippen LogP contribution in [0.15, 0.2) is 36.5 Å². The molecule has 0 saturated carbocycles. The van der Waals surface area contributed by atoms with E-state index in [1.165, 1.54) is 180 Å². The van der Waals surface area contributed by atoms with Crippen molar-refractivity contribution in [3.63, 3.8) is 0 Å². The third-order valence-corrected chi connectivity index (χ3v) is 12.4. The average Bonchev–Trinajstić information content (AvgIpc) is 3.27. The maximum absolute atomic E-state index is 12.4. The molecule has 0 fully saturated rings. The van der Waals surface area contributed by atoms with Gasteiger partial charge in [-0.1, -0.05) is 224 Å². The Kier molecular flexibility index (Phi) is 50.1. The molecule has 0 aromatic heterocycles. The number of amides is 1. The van der Waals surface area contributed by atoms with Crippen LogP contribution in [0.3, 0.4) is 0 Å². The number of aliphatic hydroxyl groups excluding tert-OH is 2. The maximum Gasteiger partial charge on any atom is 0.305 e. The lowest BCUT2D eigenvalue weighted by molar-refractivity contribution is -0.143. The van der Waals surface area contributed by atoms with E-state index < -0.39 is 12.1 Å². The molecule has 6 heteroatoms. The largest absolute Gasteiger partial charge is 0.466 e. The molecule has 0 bridgehead atoms. The minimum atomic E-state index is -0.867. The van der Waals surface area contributed by atoms with E-state index in [9.17, 15) is 19.8 Å². The summed E-state index contributed by atoms with van der Waals surface area (Å²) in [5.41, 5.74) is 0. The van der Waals surface area contributed by atoms with E-state index in [2.05, 4.69) is 43.5 Å². The van der Waals surface area contributed by atoms with Gasteiger partial charge >= 0.3 is 5.97 Å². The second-order valence-corrected chi connectivity index (χ2v) is 18.5. The first kappa shape index (κ1) is 60.1. The van der Waals surface area contributed by atoms with Crippen LogP contribution in [-0.2, 0) is 14.3 Å². The Morgan fingerprint density at radius 2 is 0.758 bits per heavy atom. The molecule has 0 aromatic carbocycles. The van der Waals surface area contributed by atoms with Gasteiger partial charge in [0.1, 0.15) is 0 Å². The Morgan fingerprint density at radius 3 is 1.15 bits per heavy atom. The van der Waals surface area contributed by atoms with Gasteiger partial charge in [-0.05, 0) is 83.5 Å². The van der Waals surface area contributed by atoms with Crippen LogP contribution in [0.2, 0.25) is 0 Å². The van der Waals surface area contributed by atoms with Crippen LogP contribution < -0.4 is 5.32 Å². The Labute approximate surface area is 385 Å². The Morgan fingerprint density at radius 1 is 0.435 bits per heavy atom. The first-order chi connectivity index (χ1) is 30.5. The molecule has 2 unspecified atom stereocenters. The summed E-state index contributed by atoms with van der Waals surface area (Å²) in [6, 6.07) is -0.654. The molecular weight excluding hydrogens is 767 g/mol. The zero-order chi connectivity index (χ0) is 45.1. The molecule has 3 N–H and O–H groups in total. The third kappa shape index (κ3) is 47.6. The second-order valence-electron chi connectivity index (χ2n) is 18.5. The number of nitrogens with one attached hydrogen (secondary N) is 1. The quantitative estimate of drug-likeness (QED) is 0.0321. The van der Waals surface area contributed by atoms with Crippen LogP contribution in [-0.4, -0.2) is 47.4 Å². The van der Waals surface area contributed by atoms with Crippen LogP contribution in [0.1, 0.15) is 284 Å². The lowest BCUT2D eigenvalue weighted by Gasteiger charge is -2.20.